The number of nitrogens with zero attached hydrogens (tertiary/aromatic N) is 1. The van der Waals surface area contributed by atoms with E-state index in [-0.39, 0.29) is 0 Å². The van der Waals surface area contributed by atoms with Crippen LogP contribution in [0, 0.1) is 0 Å². The Balaban J connectivity index is 2.32. The van der Waals surface area contributed by atoms with Crippen LogP contribution in [-0.4, -0.2) is 25.3 Å². The highest BCUT2D eigenvalue weighted by Gasteiger charge is 1.97. The fourth-order valence-corrected chi connectivity index (χ4v) is 1.19. The van der Waals surface area contributed by atoms with Crippen LogP contribution in [0.3, 0.4) is 0 Å². The van der Waals surface area contributed by atoms with Crippen LogP contribution in [0.2, 0.25) is 0 Å². The number of ether oxygens (including phenoxy) is 1. The highest BCUT2D eigenvalue weighted by Crippen LogP contribution is 2.01. The van der Waals surface area contributed by atoms with Crippen molar-refractivity contribution < 1.29 is 4.74 Å². The van der Waals surface area contributed by atoms with Crippen LogP contribution >= 0.6 is 0 Å². The zero-order valence-corrected chi connectivity index (χ0v) is 8.36. The standard InChI is InChI=1S/C11H17NO/c1-3-13-10-12(2)9-11-7-5-4-6-8-11/h4-8H,3,9-10H2,1-2H3. The van der Waals surface area contributed by atoms with Gasteiger partial charge in [0, 0.05) is 13.2 Å². The van der Waals surface area contributed by atoms with Crippen LogP contribution in [0.1, 0.15) is 12.5 Å². The van der Waals surface area contributed by atoms with Gasteiger partial charge in [0.05, 0.1) is 6.73 Å². The molecule has 0 bridgehead atoms. The van der Waals surface area contributed by atoms with Crippen molar-refractivity contribution in [3.8, 4) is 0 Å². The van der Waals surface area contributed by atoms with Crippen LogP contribution in [-0.2, 0) is 11.3 Å². The van der Waals surface area contributed by atoms with Gasteiger partial charge in [0.25, 0.3) is 0 Å². The third-order valence-corrected chi connectivity index (χ3v) is 1.81. The van der Waals surface area contributed by atoms with Gasteiger partial charge in [-0.3, -0.25) is 4.90 Å². The Labute approximate surface area is 80.1 Å². The van der Waals surface area contributed by atoms with Crippen LogP contribution in [0.4, 0.5) is 0 Å². The van der Waals surface area contributed by atoms with Crippen molar-refractivity contribution in [2.45, 2.75) is 13.5 Å². The van der Waals surface area contributed by atoms with Crippen molar-refractivity contribution >= 4 is 0 Å². The van der Waals surface area contributed by atoms with E-state index in [4.69, 9.17) is 4.74 Å². The van der Waals surface area contributed by atoms with Gasteiger partial charge >= 0.3 is 0 Å². The summed E-state index contributed by atoms with van der Waals surface area (Å²) < 4.78 is 5.29. The first-order chi connectivity index (χ1) is 6.33. The molecule has 2 heteroatoms. The minimum atomic E-state index is 0.700. The van der Waals surface area contributed by atoms with Gasteiger partial charge in [0.2, 0.25) is 0 Å². The monoisotopic (exact) mass is 179 g/mol. The molecule has 1 aromatic carbocycles. The molecular weight excluding hydrogens is 162 g/mol. The molecule has 1 aromatic rings. The molecule has 0 saturated carbocycles. The maximum Gasteiger partial charge on any atom is 0.0990 e. The lowest BCUT2D eigenvalue weighted by molar-refractivity contribution is 0.0467. The predicted octanol–water partition coefficient (Wildman–Crippen LogP) is 2.11. The van der Waals surface area contributed by atoms with E-state index in [2.05, 4.69) is 36.2 Å². The first-order valence-electron chi connectivity index (χ1n) is 4.63. The Hall–Kier alpha value is -0.860. The maximum absolute atomic E-state index is 5.29. The molecule has 13 heavy (non-hydrogen) atoms. The molecule has 2 nitrogen and oxygen atoms in total. The summed E-state index contributed by atoms with van der Waals surface area (Å²) in [5, 5.41) is 0. The Morgan fingerprint density at radius 1 is 1.23 bits per heavy atom. The summed E-state index contributed by atoms with van der Waals surface area (Å²) in [4.78, 5) is 2.15. The molecule has 0 aromatic heterocycles. The summed E-state index contributed by atoms with van der Waals surface area (Å²) in [6.45, 7) is 4.43. The SMILES string of the molecule is CCOCN(C)Cc1ccccc1. The highest BCUT2D eigenvalue weighted by molar-refractivity contribution is 5.14. The molecule has 0 fully saturated rings. The normalized spacial score (nSPS) is 10.7. The summed E-state index contributed by atoms with van der Waals surface area (Å²) in [5.41, 5.74) is 1.32. The van der Waals surface area contributed by atoms with Crippen molar-refractivity contribution in [2.24, 2.45) is 0 Å². The third kappa shape index (κ3) is 4.06. The van der Waals surface area contributed by atoms with E-state index >= 15 is 0 Å². The lowest BCUT2D eigenvalue weighted by Crippen LogP contribution is -2.21. The van der Waals surface area contributed by atoms with E-state index in [9.17, 15) is 0 Å². The predicted molar refractivity (Wildman–Crippen MR) is 54.4 cm³/mol. The van der Waals surface area contributed by atoms with Crippen molar-refractivity contribution in [1.29, 1.82) is 0 Å². The molecule has 0 radical (unpaired) electrons. The molecule has 0 aliphatic carbocycles. The van der Waals surface area contributed by atoms with Gasteiger partial charge in [-0.05, 0) is 19.5 Å². The molecule has 0 amide bonds. The van der Waals surface area contributed by atoms with Crippen LogP contribution in [0.25, 0.3) is 0 Å². The first-order valence-corrected chi connectivity index (χ1v) is 4.63. The summed E-state index contributed by atoms with van der Waals surface area (Å²) in [6, 6.07) is 10.4. The number of rotatable bonds is 5. The zero-order valence-electron chi connectivity index (χ0n) is 8.36. The van der Waals surface area contributed by atoms with Gasteiger partial charge in [-0.15, -0.1) is 0 Å². The molecule has 1 rings (SSSR count). The summed E-state index contributed by atoms with van der Waals surface area (Å²) in [5.74, 6) is 0. The summed E-state index contributed by atoms with van der Waals surface area (Å²) >= 11 is 0. The van der Waals surface area contributed by atoms with Crippen LogP contribution in [0.5, 0.6) is 0 Å². The number of hydrogen-bond donors (Lipinski definition) is 0. The average molecular weight is 179 g/mol. The number of hydrogen-bond acceptors (Lipinski definition) is 2. The zero-order chi connectivity index (χ0) is 9.52. The summed E-state index contributed by atoms with van der Waals surface area (Å²) in [7, 11) is 2.06. The van der Waals surface area contributed by atoms with E-state index in [1.165, 1.54) is 5.56 Å². The van der Waals surface area contributed by atoms with Crippen LogP contribution < -0.4 is 0 Å². The second-order valence-electron chi connectivity index (χ2n) is 3.12. The van der Waals surface area contributed by atoms with E-state index in [0.717, 1.165) is 13.2 Å². The fraction of sp³-hybridized carbons (Fsp3) is 0.455. The minimum absolute atomic E-state index is 0.700. The summed E-state index contributed by atoms with van der Waals surface area (Å²) in [6.07, 6.45) is 0. The molecule has 0 aliphatic heterocycles. The van der Waals surface area contributed by atoms with Gasteiger partial charge in [-0.1, -0.05) is 30.3 Å². The van der Waals surface area contributed by atoms with Crippen molar-refractivity contribution in [1.82, 2.24) is 4.90 Å². The molecule has 0 N–H and O–H groups in total. The van der Waals surface area contributed by atoms with Gasteiger partial charge in [-0.2, -0.15) is 0 Å². The Morgan fingerprint density at radius 3 is 2.54 bits per heavy atom. The highest BCUT2D eigenvalue weighted by atomic mass is 16.5. The van der Waals surface area contributed by atoms with E-state index in [1.54, 1.807) is 0 Å². The molecule has 0 heterocycles. The molecule has 0 unspecified atom stereocenters. The van der Waals surface area contributed by atoms with E-state index in [1.807, 2.05) is 13.0 Å². The first kappa shape index (κ1) is 10.2. The van der Waals surface area contributed by atoms with Gasteiger partial charge < -0.3 is 4.74 Å². The van der Waals surface area contributed by atoms with Crippen LogP contribution in [0.15, 0.2) is 30.3 Å². The Bertz CT molecular complexity index is 223. The Kier molecular flexibility index (Phi) is 4.50. The molecular formula is C11H17NO. The number of benzene rings is 1. The smallest absolute Gasteiger partial charge is 0.0990 e. The molecule has 0 saturated heterocycles. The fourth-order valence-electron chi connectivity index (χ4n) is 1.19. The second-order valence-corrected chi connectivity index (χ2v) is 3.12. The average Bonchev–Trinajstić information content (AvgIpc) is 2.16. The van der Waals surface area contributed by atoms with Gasteiger partial charge in [0.15, 0.2) is 0 Å². The lowest BCUT2D eigenvalue weighted by atomic mass is 10.2. The maximum atomic E-state index is 5.29. The second kappa shape index (κ2) is 5.73. The van der Waals surface area contributed by atoms with E-state index < -0.39 is 0 Å². The topological polar surface area (TPSA) is 12.5 Å². The molecule has 0 spiro atoms. The van der Waals surface area contributed by atoms with Crippen molar-refractivity contribution in [3.05, 3.63) is 35.9 Å². The van der Waals surface area contributed by atoms with Crippen molar-refractivity contribution in [3.63, 3.8) is 0 Å². The van der Waals surface area contributed by atoms with E-state index in [0.29, 0.717) is 6.73 Å². The molecule has 72 valence electrons. The minimum Gasteiger partial charge on any atom is -0.366 e. The largest absolute Gasteiger partial charge is 0.366 e. The third-order valence-electron chi connectivity index (χ3n) is 1.81. The Morgan fingerprint density at radius 2 is 1.92 bits per heavy atom. The lowest BCUT2D eigenvalue weighted by Gasteiger charge is -2.15. The van der Waals surface area contributed by atoms with Crippen molar-refractivity contribution in [2.75, 3.05) is 20.4 Å². The molecule has 0 atom stereocenters. The molecule has 0 aliphatic rings. The van der Waals surface area contributed by atoms with Gasteiger partial charge in [-0.25, -0.2) is 0 Å². The van der Waals surface area contributed by atoms with Gasteiger partial charge in [0.1, 0.15) is 0 Å². The quantitative estimate of drug-likeness (QED) is 0.642.